The molecule has 1 fully saturated rings. The highest BCUT2D eigenvalue weighted by Gasteiger charge is 2.36. The van der Waals surface area contributed by atoms with Gasteiger partial charge in [-0.2, -0.15) is 13.2 Å². The monoisotopic (exact) mass is 238 g/mol. The van der Waals surface area contributed by atoms with Gasteiger partial charge in [0.15, 0.2) is 0 Å². The molecule has 0 bridgehead atoms. The Morgan fingerprint density at radius 1 is 1.25 bits per heavy atom. The lowest BCUT2D eigenvalue weighted by molar-refractivity contribution is -0.147. The van der Waals surface area contributed by atoms with E-state index in [0.29, 0.717) is 13.1 Å². The van der Waals surface area contributed by atoms with E-state index >= 15 is 0 Å². The topological polar surface area (TPSA) is 15.3 Å². The number of nitrogens with zero attached hydrogens (tertiary/aromatic N) is 1. The maximum absolute atomic E-state index is 12.4. The van der Waals surface area contributed by atoms with Crippen LogP contribution in [0.1, 0.15) is 33.1 Å². The Bertz CT molecular complexity index is 212. The van der Waals surface area contributed by atoms with E-state index in [1.54, 1.807) is 0 Å². The summed E-state index contributed by atoms with van der Waals surface area (Å²) in [6.07, 6.45) is -1.55. The number of alkyl halides is 3. The molecule has 0 aromatic rings. The van der Waals surface area contributed by atoms with E-state index in [9.17, 15) is 13.2 Å². The summed E-state index contributed by atoms with van der Waals surface area (Å²) < 4.78 is 37.1. The lowest BCUT2D eigenvalue weighted by Crippen LogP contribution is -2.51. The van der Waals surface area contributed by atoms with E-state index in [1.165, 1.54) is 4.90 Å². The lowest BCUT2D eigenvalue weighted by Gasteiger charge is -2.35. The van der Waals surface area contributed by atoms with Crippen molar-refractivity contribution in [1.29, 1.82) is 0 Å². The smallest absolute Gasteiger partial charge is 0.310 e. The van der Waals surface area contributed by atoms with Crippen LogP contribution in [-0.4, -0.2) is 42.8 Å². The number of hydrogen-bond donors (Lipinski definition) is 1. The minimum Gasteiger partial charge on any atom is -0.310 e. The first-order chi connectivity index (χ1) is 7.41. The Kier molecular flexibility index (Phi) is 4.62. The zero-order valence-corrected chi connectivity index (χ0v) is 10.0. The molecular weight excluding hydrogens is 217 g/mol. The molecule has 0 aromatic carbocycles. The Balaban J connectivity index is 2.65. The summed E-state index contributed by atoms with van der Waals surface area (Å²) in [6, 6.07) is 0. The predicted molar refractivity (Wildman–Crippen MR) is 58.4 cm³/mol. The van der Waals surface area contributed by atoms with Crippen LogP contribution in [0.4, 0.5) is 13.2 Å². The van der Waals surface area contributed by atoms with Crippen LogP contribution in [0.5, 0.6) is 0 Å². The van der Waals surface area contributed by atoms with E-state index < -0.39 is 12.7 Å². The standard InChI is InChI=1S/C11H21F3N2/c1-3-10(4-2)8-16(7-5-6-15-10)9-11(12,13)14/h15H,3-9H2,1-2H3. The first-order valence-electron chi connectivity index (χ1n) is 5.95. The van der Waals surface area contributed by atoms with Crippen molar-refractivity contribution in [2.24, 2.45) is 0 Å². The Hall–Kier alpha value is -0.290. The SMILES string of the molecule is CCC1(CC)CN(CC(F)(F)F)CCCN1. The van der Waals surface area contributed by atoms with Gasteiger partial charge in [-0.05, 0) is 32.4 Å². The third-order valence-electron chi connectivity index (χ3n) is 3.43. The summed E-state index contributed by atoms with van der Waals surface area (Å²) >= 11 is 0. The Morgan fingerprint density at radius 3 is 2.38 bits per heavy atom. The van der Waals surface area contributed by atoms with Crippen molar-refractivity contribution in [3.05, 3.63) is 0 Å². The molecule has 0 aromatic heterocycles. The molecule has 0 amide bonds. The zero-order valence-electron chi connectivity index (χ0n) is 10.0. The van der Waals surface area contributed by atoms with Crippen molar-refractivity contribution in [2.75, 3.05) is 26.2 Å². The average Bonchev–Trinajstić information content (AvgIpc) is 2.38. The van der Waals surface area contributed by atoms with Gasteiger partial charge in [0, 0.05) is 12.1 Å². The van der Waals surface area contributed by atoms with Gasteiger partial charge in [-0.1, -0.05) is 13.8 Å². The molecule has 0 aliphatic carbocycles. The molecule has 16 heavy (non-hydrogen) atoms. The van der Waals surface area contributed by atoms with Crippen LogP contribution in [-0.2, 0) is 0 Å². The van der Waals surface area contributed by atoms with E-state index in [0.717, 1.165) is 25.8 Å². The molecule has 0 radical (unpaired) electrons. The van der Waals surface area contributed by atoms with E-state index in [4.69, 9.17) is 0 Å². The first kappa shape index (κ1) is 13.8. The maximum atomic E-state index is 12.4. The van der Waals surface area contributed by atoms with Gasteiger partial charge in [0.05, 0.1) is 6.54 Å². The highest BCUT2D eigenvalue weighted by atomic mass is 19.4. The fraction of sp³-hybridized carbons (Fsp3) is 1.00. The molecule has 0 spiro atoms. The van der Waals surface area contributed by atoms with Crippen molar-refractivity contribution in [3.8, 4) is 0 Å². The fourth-order valence-corrected chi connectivity index (χ4v) is 2.33. The quantitative estimate of drug-likeness (QED) is 0.812. The van der Waals surface area contributed by atoms with Gasteiger partial charge in [0.2, 0.25) is 0 Å². The molecule has 5 heteroatoms. The van der Waals surface area contributed by atoms with E-state index in [2.05, 4.69) is 5.32 Å². The fourth-order valence-electron chi connectivity index (χ4n) is 2.33. The van der Waals surface area contributed by atoms with Crippen molar-refractivity contribution in [2.45, 2.75) is 44.8 Å². The lowest BCUT2D eigenvalue weighted by atomic mass is 9.92. The Morgan fingerprint density at radius 2 is 1.88 bits per heavy atom. The molecule has 1 aliphatic rings. The summed E-state index contributed by atoms with van der Waals surface area (Å²) in [4.78, 5) is 1.53. The van der Waals surface area contributed by atoms with Gasteiger partial charge in [-0.25, -0.2) is 0 Å². The molecule has 0 atom stereocenters. The number of hydrogen-bond acceptors (Lipinski definition) is 2. The second kappa shape index (κ2) is 5.36. The van der Waals surface area contributed by atoms with Gasteiger partial charge in [-0.3, -0.25) is 4.90 Å². The van der Waals surface area contributed by atoms with Crippen molar-refractivity contribution in [1.82, 2.24) is 10.2 Å². The normalized spacial score (nSPS) is 23.1. The van der Waals surface area contributed by atoms with Crippen LogP contribution in [0.25, 0.3) is 0 Å². The van der Waals surface area contributed by atoms with Crippen molar-refractivity contribution >= 4 is 0 Å². The van der Waals surface area contributed by atoms with Gasteiger partial charge >= 0.3 is 6.18 Å². The van der Waals surface area contributed by atoms with Gasteiger partial charge < -0.3 is 5.32 Å². The minimum absolute atomic E-state index is 0.137. The van der Waals surface area contributed by atoms with Crippen molar-refractivity contribution in [3.63, 3.8) is 0 Å². The second-order valence-corrected chi connectivity index (χ2v) is 4.59. The average molecular weight is 238 g/mol. The van der Waals surface area contributed by atoms with E-state index in [-0.39, 0.29) is 5.54 Å². The highest BCUT2D eigenvalue weighted by Crippen LogP contribution is 2.23. The van der Waals surface area contributed by atoms with Crippen molar-refractivity contribution < 1.29 is 13.2 Å². The molecule has 1 heterocycles. The van der Waals surface area contributed by atoms with Gasteiger partial charge in [0.1, 0.15) is 0 Å². The maximum Gasteiger partial charge on any atom is 0.401 e. The summed E-state index contributed by atoms with van der Waals surface area (Å²) in [5.74, 6) is 0. The number of halogens is 3. The Labute approximate surface area is 95.2 Å². The van der Waals surface area contributed by atoms with E-state index in [1.807, 2.05) is 13.8 Å². The van der Waals surface area contributed by atoms with Gasteiger partial charge in [-0.15, -0.1) is 0 Å². The van der Waals surface area contributed by atoms with Crippen LogP contribution < -0.4 is 5.32 Å². The molecule has 1 saturated heterocycles. The zero-order chi connectivity index (χ0) is 12.2. The van der Waals surface area contributed by atoms with Crippen LogP contribution >= 0.6 is 0 Å². The summed E-state index contributed by atoms with van der Waals surface area (Å²) in [6.45, 7) is 5.14. The first-order valence-corrected chi connectivity index (χ1v) is 5.95. The van der Waals surface area contributed by atoms with Crippen LogP contribution in [0.15, 0.2) is 0 Å². The molecule has 1 N–H and O–H groups in total. The third-order valence-corrected chi connectivity index (χ3v) is 3.43. The third kappa shape index (κ3) is 3.94. The molecule has 96 valence electrons. The minimum atomic E-state index is -4.09. The number of rotatable bonds is 3. The molecule has 0 unspecified atom stereocenters. The van der Waals surface area contributed by atoms with Crippen LogP contribution in [0, 0.1) is 0 Å². The van der Waals surface area contributed by atoms with Crippen LogP contribution in [0.2, 0.25) is 0 Å². The summed E-state index contributed by atoms with van der Waals surface area (Å²) in [5, 5.41) is 3.40. The summed E-state index contributed by atoms with van der Waals surface area (Å²) in [5.41, 5.74) is -0.137. The predicted octanol–water partition coefficient (Wildman–Crippen LogP) is 2.40. The largest absolute Gasteiger partial charge is 0.401 e. The number of nitrogens with one attached hydrogen (secondary N) is 1. The molecule has 1 aliphatic heterocycles. The molecule has 1 rings (SSSR count). The second-order valence-electron chi connectivity index (χ2n) is 4.59. The van der Waals surface area contributed by atoms with Gasteiger partial charge in [0.25, 0.3) is 0 Å². The highest BCUT2D eigenvalue weighted by molar-refractivity contribution is 4.91. The van der Waals surface area contributed by atoms with Crippen LogP contribution in [0.3, 0.4) is 0 Å². The molecular formula is C11H21F3N2. The molecule has 2 nitrogen and oxygen atoms in total. The molecule has 0 saturated carbocycles. The summed E-state index contributed by atoms with van der Waals surface area (Å²) in [7, 11) is 0.